The third-order valence-electron chi connectivity index (χ3n) is 6.11. The van der Waals surface area contributed by atoms with Crippen LogP contribution in [0, 0.1) is 11.6 Å². The Morgan fingerprint density at radius 2 is 1.86 bits per heavy atom. The van der Waals surface area contributed by atoms with Gasteiger partial charge < -0.3 is 9.26 Å². The number of ether oxygens (including phenoxy) is 1. The van der Waals surface area contributed by atoms with Gasteiger partial charge in [-0.2, -0.15) is 14.6 Å². The van der Waals surface area contributed by atoms with E-state index in [1.807, 2.05) is 13.8 Å². The van der Waals surface area contributed by atoms with Crippen molar-refractivity contribution in [3.8, 4) is 11.6 Å². The van der Waals surface area contributed by atoms with Gasteiger partial charge in [-0.15, -0.1) is 5.10 Å². The maximum atomic E-state index is 14.7. The summed E-state index contributed by atoms with van der Waals surface area (Å²) in [7, 11) is -3.95. The molecule has 0 unspecified atom stereocenters. The van der Waals surface area contributed by atoms with Crippen LogP contribution >= 0.6 is 0 Å². The summed E-state index contributed by atoms with van der Waals surface area (Å²) in [4.78, 5) is 12.0. The highest BCUT2D eigenvalue weighted by Gasteiger charge is 2.29. The third-order valence-corrected chi connectivity index (χ3v) is 7.22. The van der Waals surface area contributed by atoms with Crippen LogP contribution in [-0.4, -0.2) is 55.9 Å². The molecule has 1 aromatic carbocycles. The average molecular weight is 520 g/mol. The molecule has 4 aromatic rings. The van der Waals surface area contributed by atoms with Crippen LogP contribution in [0.1, 0.15) is 63.1 Å². The molecule has 0 bridgehead atoms. The van der Waals surface area contributed by atoms with Crippen LogP contribution in [0.25, 0.3) is 16.9 Å². The lowest BCUT2D eigenvalue weighted by atomic mass is 9.87. The molecule has 1 saturated carbocycles. The lowest BCUT2D eigenvalue weighted by Crippen LogP contribution is -2.24. The van der Waals surface area contributed by atoms with Gasteiger partial charge in [-0.3, -0.25) is 0 Å². The first-order chi connectivity index (χ1) is 17.1. The molecule has 0 N–H and O–H groups in total. The second-order valence-electron chi connectivity index (χ2n) is 9.10. The summed E-state index contributed by atoms with van der Waals surface area (Å²) in [6, 6.07) is 1.35. The van der Waals surface area contributed by atoms with Crippen molar-refractivity contribution in [1.29, 1.82) is 0 Å². The second kappa shape index (κ2) is 9.15. The molecule has 3 aromatic heterocycles. The fourth-order valence-corrected chi connectivity index (χ4v) is 4.91. The van der Waals surface area contributed by atoms with Crippen LogP contribution < -0.4 is 4.74 Å². The Kier molecular flexibility index (Phi) is 6.14. The summed E-state index contributed by atoms with van der Waals surface area (Å²) < 4.78 is 65.0. The zero-order chi connectivity index (χ0) is 25.6. The molecule has 0 amide bonds. The van der Waals surface area contributed by atoms with Gasteiger partial charge in [0.15, 0.2) is 32.6 Å². The molecule has 0 saturated heterocycles. The summed E-state index contributed by atoms with van der Waals surface area (Å²) >= 11 is 0. The Balaban J connectivity index is 1.35. The Bertz CT molecular complexity index is 1530. The van der Waals surface area contributed by atoms with Gasteiger partial charge in [0.05, 0.1) is 0 Å². The largest absolute Gasteiger partial charge is 0.473 e. The molecular weight excluding hydrogens is 496 g/mol. The predicted octanol–water partition coefficient (Wildman–Crippen LogP) is 3.50. The Hall–Kier alpha value is -3.55. The van der Waals surface area contributed by atoms with Crippen LogP contribution in [0.3, 0.4) is 0 Å². The number of benzene rings is 1. The third kappa shape index (κ3) is 4.52. The summed E-state index contributed by atoms with van der Waals surface area (Å²) in [6.45, 7) is 4.01. The molecule has 0 aliphatic heterocycles. The van der Waals surface area contributed by atoms with E-state index in [0.717, 1.165) is 42.7 Å². The predicted molar refractivity (Wildman–Crippen MR) is 121 cm³/mol. The first-order valence-corrected chi connectivity index (χ1v) is 13.3. The van der Waals surface area contributed by atoms with E-state index in [1.165, 1.54) is 6.33 Å². The number of rotatable bonds is 6. The molecule has 190 valence electrons. The van der Waals surface area contributed by atoms with Crippen molar-refractivity contribution >= 4 is 21.0 Å². The normalized spacial score (nSPS) is 18.7. The van der Waals surface area contributed by atoms with Gasteiger partial charge in [0, 0.05) is 24.2 Å². The number of nitrogens with zero attached hydrogens (tertiary/aromatic N) is 7. The van der Waals surface area contributed by atoms with Crippen molar-refractivity contribution in [3.63, 3.8) is 0 Å². The highest BCUT2D eigenvalue weighted by Crippen LogP contribution is 2.35. The average Bonchev–Trinajstić information content (AvgIpc) is 3.49. The Morgan fingerprint density at radius 3 is 2.53 bits per heavy atom. The van der Waals surface area contributed by atoms with E-state index in [9.17, 15) is 17.2 Å². The van der Waals surface area contributed by atoms with Crippen LogP contribution in [-0.2, 0) is 9.84 Å². The van der Waals surface area contributed by atoms with Gasteiger partial charge in [0.2, 0.25) is 11.8 Å². The molecule has 14 heteroatoms. The van der Waals surface area contributed by atoms with Gasteiger partial charge in [0.1, 0.15) is 28.8 Å². The fraction of sp³-hybridized carbons (Fsp3) is 0.455. The number of sulfone groups is 1. The van der Waals surface area contributed by atoms with Crippen molar-refractivity contribution in [2.45, 2.75) is 62.4 Å². The highest BCUT2D eigenvalue weighted by atomic mass is 32.2. The van der Waals surface area contributed by atoms with Gasteiger partial charge in [-0.05, 0) is 31.7 Å². The number of hydrogen-bond donors (Lipinski definition) is 0. The van der Waals surface area contributed by atoms with E-state index < -0.39 is 26.4 Å². The SMILES string of the molecule is CC(C)c1noc(C2CCC(Oc3ncnc4c3nnn4-c3cc(F)c(S(C)(=O)=O)cc3F)CC2)n1. The Morgan fingerprint density at radius 1 is 1.11 bits per heavy atom. The molecule has 1 fully saturated rings. The maximum Gasteiger partial charge on any atom is 0.247 e. The number of aromatic nitrogens is 7. The number of fused-ring (bicyclic) bond motifs is 1. The molecule has 1 aliphatic rings. The van der Waals surface area contributed by atoms with E-state index in [2.05, 4.69) is 30.4 Å². The minimum atomic E-state index is -3.95. The molecule has 0 spiro atoms. The fourth-order valence-electron chi connectivity index (χ4n) is 4.17. The second-order valence-corrected chi connectivity index (χ2v) is 11.1. The molecule has 36 heavy (non-hydrogen) atoms. The topological polar surface area (TPSA) is 139 Å². The van der Waals surface area contributed by atoms with Crippen LogP contribution in [0.2, 0.25) is 0 Å². The van der Waals surface area contributed by atoms with Crippen LogP contribution in [0.5, 0.6) is 5.88 Å². The molecule has 0 atom stereocenters. The quantitative estimate of drug-likeness (QED) is 0.372. The van der Waals surface area contributed by atoms with Crippen molar-refractivity contribution in [2.24, 2.45) is 0 Å². The Labute approximate surface area is 204 Å². The lowest BCUT2D eigenvalue weighted by Gasteiger charge is -2.26. The zero-order valence-electron chi connectivity index (χ0n) is 19.7. The molecule has 3 heterocycles. The summed E-state index contributed by atoms with van der Waals surface area (Å²) in [6.07, 6.45) is 4.89. The minimum absolute atomic E-state index is 0.0890. The molecule has 5 rings (SSSR count). The summed E-state index contributed by atoms with van der Waals surface area (Å²) in [5.41, 5.74) is -0.0795. The maximum absolute atomic E-state index is 14.7. The van der Waals surface area contributed by atoms with Crippen molar-refractivity contribution in [2.75, 3.05) is 6.26 Å². The summed E-state index contributed by atoms with van der Waals surface area (Å²) in [5.74, 6) is -0.255. The van der Waals surface area contributed by atoms with E-state index >= 15 is 0 Å². The lowest BCUT2D eigenvalue weighted by molar-refractivity contribution is 0.135. The van der Waals surface area contributed by atoms with Gasteiger partial charge >= 0.3 is 0 Å². The van der Waals surface area contributed by atoms with Gasteiger partial charge in [0.25, 0.3) is 0 Å². The number of halogens is 2. The van der Waals surface area contributed by atoms with Crippen LogP contribution in [0.4, 0.5) is 8.78 Å². The van der Waals surface area contributed by atoms with Gasteiger partial charge in [-0.25, -0.2) is 22.2 Å². The van der Waals surface area contributed by atoms with Crippen LogP contribution in [0.15, 0.2) is 27.9 Å². The number of hydrogen-bond acceptors (Lipinski definition) is 10. The smallest absolute Gasteiger partial charge is 0.247 e. The van der Waals surface area contributed by atoms with Crippen molar-refractivity contribution in [1.82, 2.24) is 35.1 Å². The molecule has 11 nitrogen and oxygen atoms in total. The minimum Gasteiger partial charge on any atom is -0.473 e. The highest BCUT2D eigenvalue weighted by molar-refractivity contribution is 7.90. The van der Waals surface area contributed by atoms with Gasteiger partial charge in [-0.1, -0.05) is 24.2 Å². The first kappa shape index (κ1) is 24.2. The van der Waals surface area contributed by atoms with E-state index in [4.69, 9.17) is 9.26 Å². The van der Waals surface area contributed by atoms with Crippen molar-refractivity contribution in [3.05, 3.63) is 41.8 Å². The van der Waals surface area contributed by atoms with E-state index in [0.29, 0.717) is 17.8 Å². The van der Waals surface area contributed by atoms with E-state index in [1.54, 1.807) is 0 Å². The zero-order valence-corrected chi connectivity index (χ0v) is 20.5. The van der Waals surface area contributed by atoms with E-state index in [-0.39, 0.29) is 40.7 Å². The van der Waals surface area contributed by atoms with Crippen molar-refractivity contribution < 1.29 is 26.5 Å². The summed E-state index contributed by atoms with van der Waals surface area (Å²) in [5, 5.41) is 11.9. The first-order valence-electron chi connectivity index (χ1n) is 11.4. The molecular formula is C22H23F2N7O4S. The molecule has 1 aliphatic carbocycles. The monoisotopic (exact) mass is 519 g/mol. The standard InChI is InChI=1S/C22H23F2N7O4S/c1-11(2)19-27-21(35-29-19)12-4-6-13(7-5-12)34-22-18-20(25-10-26-22)31(30-28-18)16-8-15(24)17(9-14(16)23)36(3,32)33/h8-13H,4-7H2,1-3H3. The molecule has 0 radical (unpaired) electrons.